The fourth-order valence-electron chi connectivity index (χ4n) is 3.86. The van der Waals surface area contributed by atoms with Crippen molar-refractivity contribution in [2.24, 2.45) is 5.92 Å². The lowest BCUT2D eigenvalue weighted by Crippen LogP contribution is -2.28. The molecule has 1 saturated heterocycles. The van der Waals surface area contributed by atoms with Crippen LogP contribution in [0.5, 0.6) is 11.5 Å². The molecular formula is C26H24ClN3O5. The third-order valence-corrected chi connectivity index (χ3v) is 5.96. The number of hydrogen-bond donors (Lipinski definition) is 2. The summed E-state index contributed by atoms with van der Waals surface area (Å²) < 4.78 is 10.7. The monoisotopic (exact) mass is 493 g/mol. The second kappa shape index (κ2) is 10.5. The Morgan fingerprint density at radius 3 is 2.29 bits per heavy atom. The molecule has 3 amide bonds. The Bertz CT molecular complexity index is 1260. The van der Waals surface area contributed by atoms with E-state index in [1.54, 1.807) is 66.7 Å². The van der Waals surface area contributed by atoms with E-state index in [0.29, 0.717) is 39.1 Å². The van der Waals surface area contributed by atoms with Crippen LogP contribution in [0.15, 0.2) is 66.7 Å². The highest BCUT2D eigenvalue weighted by Crippen LogP contribution is 2.36. The highest BCUT2D eigenvalue weighted by atomic mass is 35.5. The molecule has 4 rings (SSSR count). The molecule has 1 fully saturated rings. The molecule has 0 aromatic heterocycles. The summed E-state index contributed by atoms with van der Waals surface area (Å²) in [5.41, 5.74) is 1.85. The van der Waals surface area contributed by atoms with Crippen LogP contribution in [-0.2, 0) is 9.59 Å². The number of nitrogens with zero attached hydrogens (tertiary/aromatic N) is 1. The molecule has 3 aromatic carbocycles. The number of para-hydroxylation sites is 2. The second-order valence-corrected chi connectivity index (χ2v) is 8.38. The lowest BCUT2D eigenvalue weighted by atomic mass is 10.1. The molecule has 1 atom stereocenters. The number of halogens is 1. The number of rotatable bonds is 7. The standard InChI is InChI=1S/C26H24ClN3O5/c1-34-19-11-12-23(35-2)22(14-19)30-15-17(13-24(30)31)26(33)29-21-6-4-3-5-20(21)28-25(32)16-7-9-18(27)10-8-16/h3-12,14,17H,13,15H2,1-2H3,(H,28,32)(H,29,33). The van der Waals surface area contributed by atoms with Crippen molar-refractivity contribution >= 4 is 46.4 Å². The number of ether oxygens (including phenoxy) is 2. The van der Waals surface area contributed by atoms with E-state index >= 15 is 0 Å². The number of hydrogen-bond acceptors (Lipinski definition) is 5. The third kappa shape index (κ3) is 5.38. The smallest absolute Gasteiger partial charge is 0.255 e. The minimum absolute atomic E-state index is 0.0471. The number of carbonyl (C=O) groups is 3. The number of nitrogens with one attached hydrogen (secondary N) is 2. The first-order valence-corrected chi connectivity index (χ1v) is 11.3. The summed E-state index contributed by atoms with van der Waals surface area (Å²) in [4.78, 5) is 40.0. The topological polar surface area (TPSA) is 97.0 Å². The molecule has 0 radical (unpaired) electrons. The summed E-state index contributed by atoms with van der Waals surface area (Å²) in [6.45, 7) is 0.188. The highest BCUT2D eigenvalue weighted by Gasteiger charge is 2.36. The fourth-order valence-corrected chi connectivity index (χ4v) is 3.98. The van der Waals surface area contributed by atoms with Gasteiger partial charge in [0.05, 0.1) is 37.2 Å². The van der Waals surface area contributed by atoms with E-state index in [1.165, 1.54) is 19.1 Å². The normalized spacial score (nSPS) is 15.0. The molecule has 0 bridgehead atoms. The first-order valence-electron chi connectivity index (χ1n) is 10.9. The van der Waals surface area contributed by atoms with Crippen molar-refractivity contribution in [3.8, 4) is 11.5 Å². The largest absolute Gasteiger partial charge is 0.497 e. The number of carbonyl (C=O) groups excluding carboxylic acids is 3. The molecule has 1 heterocycles. The maximum absolute atomic E-state index is 13.1. The Balaban J connectivity index is 1.48. The average Bonchev–Trinajstić information content (AvgIpc) is 3.26. The molecule has 3 aromatic rings. The Kier molecular flexibility index (Phi) is 7.22. The zero-order valence-corrected chi connectivity index (χ0v) is 20.0. The molecule has 2 N–H and O–H groups in total. The molecule has 1 aliphatic heterocycles. The molecule has 9 heteroatoms. The van der Waals surface area contributed by atoms with Gasteiger partial charge < -0.3 is 25.0 Å². The highest BCUT2D eigenvalue weighted by molar-refractivity contribution is 6.30. The van der Waals surface area contributed by atoms with E-state index in [9.17, 15) is 14.4 Å². The Morgan fingerprint density at radius 1 is 0.943 bits per heavy atom. The molecule has 1 aliphatic rings. The third-order valence-electron chi connectivity index (χ3n) is 5.71. The van der Waals surface area contributed by atoms with Gasteiger partial charge in [-0.15, -0.1) is 0 Å². The van der Waals surface area contributed by atoms with Gasteiger partial charge in [0, 0.05) is 29.6 Å². The first kappa shape index (κ1) is 24.1. The molecule has 0 spiro atoms. The summed E-state index contributed by atoms with van der Waals surface area (Å²) in [6.07, 6.45) is 0.0471. The van der Waals surface area contributed by atoms with Gasteiger partial charge in [-0.3, -0.25) is 14.4 Å². The van der Waals surface area contributed by atoms with E-state index < -0.39 is 5.92 Å². The van der Waals surface area contributed by atoms with Crippen molar-refractivity contribution < 1.29 is 23.9 Å². The van der Waals surface area contributed by atoms with Crippen LogP contribution < -0.4 is 25.0 Å². The lowest BCUT2D eigenvalue weighted by Gasteiger charge is -2.20. The van der Waals surface area contributed by atoms with E-state index in [-0.39, 0.29) is 30.7 Å². The van der Waals surface area contributed by atoms with Crippen LogP contribution in [0.2, 0.25) is 5.02 Å². The molecule has 35 heavy (non-hydrogen) atoms. The average molecular weight is 494 g/mol. The van der Waals surface area contributed by atoms with E-state index in [2.05, 4.69) is 10.6 Å². The van der Waals surface area contributed by atoms with Crippen molar-refractivity contribution in [3.05, 3.63) is 77.3 Å². The van der Waals surface area contributed by atoms with Crippen LogP contribution in [-0.4, -0.2) is 38.5 Å². The summed E-state index contributed by atoms with van der Waals surface area (Å²) >= 11 is 5.89. The Hall–Kier alpha value is -4.04. The number of anilines is 3. The minimum atomic E-state index is -0.585. The van der Waals surface area contributed by atoms with Crippen LogP contribution in [0.4, 0.5) is 17.1 Å². The second-order valence-electron chi connectivity index (χ2n) is 7.94. The van der Waals surface area contributed by atoms with Gasteiger partial charge in [0.15, 0.2) is 0 Å². The van der Waals surface area contributed by atoms with E-state index in [0.717, 1.165) is 0 Å². The molecule has 1 unspecified atom stereocenters. The van der Waals surface area contributed by atoms with Crippen LogP contribution in [0.3, 0.4) is 0 Å². The number of amides is 3. The summed E-state index contributed by atoms with van der Waals surface area (Å²) in [7, 11) is 3.06. The summed E-state index contributed by atoms with van der Waals surface area (Å²) in [5, 5.41) is 6.19. The molecule has 0 saturated carbocycles. The predicted octanol–water partition coefficient (Wildman–Crippen LogP) is 4.60. The van der Waals surface area contributed by atoms with Gasteiger partial charge in [-0.25, -0.2) is 0 Å². The van der Waals surface area contributed by atoms with Gasteiger partial charge >= 0.3 is 0 Å². The zero-order chi connectivity index (χ0) is 24.9. The maximum Gasteiger partial charge on any atom is 0.255 e. The van der Waals surface area contributed by atoms with Crippen molar-refractivity contribution in [1.82, 2.24) is 0 Å². The van der Waals surface area contributed by atoms with Crippen LogP contribution in [0.25, 0.3) is 0 Å². The fraction of sp³-hybridized carbons (Fsp3) is 0.192. The first-order chi connectivity index (χ1) is 16.9. The molecular weight excluding hydrogens is 470 g/mol. The van der Waals surface area contributed by atoms with Crippen LogP contribution in [0.1, 0.15) is 16.8 Å². The zero-order valence-electron chi connectivity index (χ0n) is 19.2. The summed E-state index contributed by atoms with van der Waals surface area (Å²) in [6, 6.07) is 18.5. The number of benzene rings is 3. The molecule has 8 nitrogen and oxygen atoms in total. The number of methoxy groups -OCH3 is 2. The minimum Gasteiger partial charge on any atom is -0.497 e. The predicted molar refractivity (Wildman–Crippen MR) is 134 cm³/mol. The van der Waals surface area contributed by atoms with E-state index in [4.69, 9.17) is 21.1 Å². The van der Waals surface area contributed by atoms with Gasteiger partial charge in [0.25, 0.3) is 5.91 Å². The van der Waals surface area contributed by atoms with E-state index in [1.807, 2.05) is 0 Å². The Morgan fingerprint density at radius 2 is 1.63 bits per heavy atom. The van der Waals surface area contributed by atoms with Crippen molar-refractivity contribution in [1.29, 1.82) is 0 Å². The van der Waals surface area contributed by atoms with Crippen LogP contribution >= 0.6 is 11.6 Å². The van der Waals surface area contributed by atoms with Gasteiger partial charge in [-0.1, -0.05) is 23.7 Å². The maximum atomic E-state index is 13.1. The van der Waals surface area contributed by atoms with Gasteiger partial charge in [-0.2, -0.15) is 0 Å². The quantitative estimate of drug-likeness (QED) is 0.501. The summed E-state index contributed by atoms with van der Waals surface area (Å²) in [5.74, 6) is -0.353. The van der Waals surface area contributed by atoms with Crippen LogP contribution in [0, 0.1) is 5.92 Å². The Labute approximate surface area is 207 Å². The van der Waals surface area contributed by atoms with Gasteiger partial charge in [0.1, 0.15) is 11.5 Å². The lowest BCUT2D eigenvalue weighted by molar-refractivity contribution is -0.122. The van der Waals surface area contributed by atoms with Crippen molar-refractivity contribution in [2.45, 2.75) is 6.42 Å². The SMILES string of the molecule is COc1ccc(OC)c(N2CC(C(=O)Nc3ccccc3NC(=O)c3ccc(Cl)cc3)CC2=O)c1. The molecule has 0 aliphatic carbocycles. The van der Waals surface area contributed by atoms with Crippen molar-refractivity contribution in [3.63, 3.8) is 0 Å². The van der Waals surface area contributed by atoms with Gasteiger partial charge in [0.2, 0.25) is 11.8 Å². The molecule has 180 valence electrons. The van der Waals surface area contributed by atoms with Gasteiger partial charge in [-0.05, 0) is 48.5 Å². The van der Waals surface area contributed by atoms with Crippen molar-refractivity contribution in [2.75, 3.05) is 36.3 Å².